The molecule has 1 saturated carbocycles. The van der Waals surface area contributed by atoms with E-state index < -0.39 is 12.2 Å². The maximum Gasteiger partial charge on any atom is 0.118 e. The molecule has 2 aromatic carbocycles. The van der Waals surface area contributed by atoms with Crippen molar-refractivity contribution >= 4 is 5.69 Å². The van der Waals surface area contributed by atoms with E-state index in [1.165, 1.54) is 31.4 Å². The number of benzene rings is 2. The first-order chi connectivity index (χ1) is 14.1. The van der Waals surface area contributed by atoms with Crippen LogP contribution in [0.1, 0.15) is 62.5 Å². The predicted octanol–water partition coefficient (Wildman–Crippen LogP) is 4.70. The zero-order valence-electron chi connectivity index (χ0n) is 17.9. The highest BCUT2D eigenvalue weighted by atomic mass is 16.5. The summed E-state index contributed by atoms with van der Waals surface area (Å²) in [6.07, 6.45) is 3.59. The second kappa shape index (κ2) is 10.1. The second-order valence-corrected chi connectivity index (χ2v) is 8.09. The van der Waals surface area contributed by atoms with Gasteiger partial charge in [-0.3, -0.25) is 0 Å². The normalized spacial score (nSPS) is 23.5. The zero-order chi connectivity index (χ0) is 20.8. The van der Waals surface area contributed by atoms with Crippen molar-refractivity contribution in [2.45, 2.75) is 63.6 Å². The number of anilines is 1. The minimum atomic E-state index is -0.583. The first kappa shape index (κ1) is 21.7. The van der Waals surface area contributed by atoms with E-state index >= 15 is 0 Å². The molecular weight excluding hydrogens is 362 g/mol. The molecule has 2 atom stereocenters. The lowest BCUT2D eigenvalue weighted by Gasteiger charge is -2.47. The molecule has 2 aromatic rings. The minimum Gasteiger partial charge on any atom is -0.497 e. The first-order valence-electron chi connectivity index (χ1n) is 11.0. The van der Waals surface area contributed by atoms with Crippen molar-refractivity contribution in [2.24, 2.45) is 0 Å². The van der Waals surface area contributed by atoms with Gasteiger partial charge in [-0.15, -0.1) is 0 Å². The molecule has 0 bridgehead atoms. The molecule has 29 heavy (non-hydrogen) atoms. The van der Waals surface area contributed by atoms with E-state index in [4.69, 9.17) is 4.74 Å². The third-order valence-corrected chi connectivity index (χ3v) is 6.18. The molecule has 0 saturated heterocycles. The van der Waals surface area contributed by atoms with Crippen LogP contribution < -0.4 is 9.64 Å². The van der Waals surface area contributed by atoms with Gasteiger partial charge in [0.25, 0.3) is 0 Å². The maximum atomic E-state index is 10.8. The van der Waals surface area contributed by atoms with E-state index in [1.807, 2.05) is 24.3 Å². The number of nitrogens with zero attached hydrogens (tertiary/aromatic N) is 1. The molecule has 0 radical (unpaired) electrons. The van der Waals surface area contributed by atoms with Crippen LogP contribution in [0.15, 0.2) is 48.5 Å². The Morgan fingerprint density at radius 2 is 1.21 bits per heavy atom. The van der Waals surface area contributed by atoms with Crippen LogP contribution in [0.2, 0.25) is 0 Å². The zero-order valence-corrected chi connectivity index (χ0v) is 17.9. The molecule has 0 heterocycles. The Balaban J connectivity index is 1.69. The molecule has 1 fully saturated rings. The van der Waals surface area contributed by atoms with E-state index in [0.29, 0.717) is 0 Å². The summed E-state index contributed by atoms with van der Waals surface area (Å²) in [7, 11) is 1.63. The summed E-state index contributed by atoms with van der Waals surface area (Å²) in [6, 6.07) is 16.0. The van der Waals surface area contributed by atoms with Crippen molar-refractivity contribution in [1.29, 1.82) is 0 Å². The average molecular weight is 398 g/mol. The van der Waals surface area contributed by atoms with Gasteiger partial charge in [0.05, 0.1) is 19.3 Å². The SMILES string of the molecule is CCCCN(CCCC)c1ccc(C2C(O)C(c3ccc(OC)cc3)C2O)cc1. The monoisotopic (exact) mass is 397 g/mol. The number of hydrogen-bond acceptors (Lipinski definition) is 4. The van der Waals surface area contributed by atoms with Crippen molar-refractivity contribution in [3.63, 3.8) is 0 Å². The molecule has 0 spiro atoms. The molecule has 158 valence electrons. The summed E-state index contributed by atoms with van der Waals surface area (Å²) >= 11 is 0. The quantitative estimate of drug-likeness (QED) is 0.610. The molecule has 1 aliphatic rings. The van der Waals surface area contributed by atoms with Gasteiger partial charge < -0.3 is 19.8 Å². The number of methoxy groups -OCH3 is 1. The summed E-state index contributed by atoms with van der Waals surface area (Å²) in [6.45, 7) is 6.59. The summed E-state index contributed by atoms with van der Waals surface area (Å²) in [5.41, 5.74) is 3.18. The van der Waals surface area contributed by atoms with Gasteiger partial charge in [-0.2, -0.15) is 0 Å². The van der Waals surface area contributed by atoms with Crippen LogP contribution in [0.25, 0.3) is 0 Å². The van der Waals surface area contributed by atoms with E-state index in [2.05, 4.69) is 43.0 Å². The van der Waals surface area contributed by atoms with Gasteiger partial charge in [0.1, 0.15) is 5.75 Å². The van der Waals surface area contributed by atoms with Gasteiger partial charge in [-0.05, 0) is 48.2 Å². The van der Waals surface area contributed by atoms with Crippen LogP contribution in [0.5, 0.6) is 5.75 Å². The van der Waals surface area contributed by atoms with Crippen LogP contribution in [-0.4, -0.2) is 42.6 Å². The minimum absolute atomic E-state index is 0.240. The van der Waals surface area contributed by atoms with Crippen molar-refractivity contribution in [2.75, 3.05) is 25.1 Å². The highest BCUT2D eigenvalue weighted by molar-refractivity contribution is 5.49. The van der Waals surface area contributed by atoms with E-state index in [0.717, 1.165) is 30.0 Å². The third kappa shape index (κ3) is 4.76. The summed E-state index contributed by atoms with van der Waals surface area (Å²) in [5, 5.41) is 21.6. The summed E-state index contributed by atoms with van der Waals surface area (Å²) < 4.78 is 5.20. The van der Waals surface area contributed by atoms with Crippen LogP contribution >= 0.6 is 0 Å². The number of rotatable bonds is 10. The predicted molar refractivity (Wildman–Crippen MR) is 119 cm³/mol. The van der Waals surface area contributed by atoms with Crippen LogP contribution in [-0.2, 0) is 0 Å². The Bertz CT molecular complexity index is 726. The Labute approximate surface area is 175 Å². The summed E-state index contributed by atoms with van der Waals surface area (Å²) in [4.78, 5) is 2.45. The lowest BCUT2D eigenvalue weighted by molar-refractivity contribution is -0.0785. The van der Waals surface area contributed by atoms with Crippen molar-refractivity contribution in [1.82, 2.24) is 0 Å². The average Bonchev–Trinajstić information content (AvgIpc) is 2.75. The molecular formula is C25H35NO3. The maximum absolute atomic E-state index is 10.8. The number of hydrogen-bond donors (Lipinski definition) is 2. The van der Waals surface area contributed by atoms with Gasteiger partial charge >= 0.3 is 0 Å². The van der Waals surface area contributed by atoms with Crippen LogP contribution in [0.4, 0.5) is 5.69 Å². The number of ether oxygens (including phenoxy) is 1. The van der Waals surface area contributed by atoms with Gasteiger partial charge in [-0.25, -0.2) is 0 Å². The molecule has 0 amide bonds. The molecule has 1 aliphatic carbocycles. The Hall–Kier alpha value is -2.04. The largest absolute Gasteiger partial charge is 0.497 e. The molecule has 4 heteroatoms. The fraction of sp³-hybridized carbons (Fsp3) is 0.520. The van der Waals surface area contributed by atoms with Gasteiger partial charge in [0.15, 0.2) is 0 Å². The molecule has 3 rings (SSSR count). The first-order valence-corrected chi connectivity index (χ1v) is 11.0. The fourth-order valence-electron chi connectivity index (χ4n) is 4.30. The Kier molecular flexibility index (Phi) is 7.57. The summed E-state index contributed by atoms with van der Waals surface area (Å²) in [5.74, 6) is 0.284. The Morgan fingerprint density at radius 3 is 1.62 bits per heavy atom. The van der Waals surface area contributed by atoms with Gasteiger partial charge in [0.2, 0.25) is 0 Å². The lowest BCUT2D eigenvalue weighted by atomic mass is 9.63. The van der Waals surface area contributed by atoms with Crippen molar-refractivity contribution in [3.8, 4) is 5.75 Å². The van der Waals surface area contributed by atoms with Gasteiger partial charge in [0, 0.05) is 30.6 Å². The van der Waals surface area contributed by atoms with Gasteiger partial charge in [-0.1, -0.05) is 51.0 Å². The van der Waals surface area contributed by atoms with Crippen LogP contribution in [0.3, 0.4) is 0 Å². The molecule has 2 N–H and O–H groups in total. The van der Waals surface area contributed by atoms with Crippen molar-refractivity contribution < 1.29 is 14.9 Å². The lowest BCUT2D eigenvalue weighted by Crippen LogP contribution is -2.51. The number of unbranched alkanes of at least 4 members (excludes halogenated alkanes) is 2. The van der Waals surface area contributed by atoms with Crippen molar-refractivity contribution in [3.05, 3.63) is 59.7 Å². The number of aliphatic hydroxyl groups excluding tert-OH is 2. The van der Waals surface area contributed by atoms with E-state index in [-0.39, 0.29) is 11.8 Å². The standard InChI is InChI=1S/C25H35NO3/c1-4-6-16-26(17-7-5-2)20-12-8-18(9-13-20)22-24(27)23(25(22)28)19-10-14-21(29-3)15-11-19/h8-15,22-25,27-28H,4-7,16-17H2,1-3H3. The smallest absolute Gasteiger partial charge is 0.118 e. The number of aliphatic hydroxyl groups is 2. The highest BCUT2D eigenvalue weighted by Gasteiger charge is 2.50. The molecule has 4 nitrogen and oxygen atoms in total. The van der Waals surface area contributed by atoms with Crippen LogP contribution in [0, 0.1) is 0 Å². The van der Waals surface area contributed by atoms with E-state index in [9.17, 15) is 10.2 Å². The molecule has 0 aromatic heterocycles. The third-order valence-electron chi connectivity index (χ3n) is 6.18. The second-order valence-electron chi connectivity index (χ2n) is 8.09. The highest BCUT2D eigenvalue weighted by Crippen LogP contribution is 2.48. The van der Waals surface area contributed by atoms with E-state index in [1.54, 1.807) is 7.11 Å². The fourth-order valence-corrected chi connectivity index (χ4v) is 4.30. The topological polar surface area (TPSA) is 52.9 Å². The molecule has 0 aliphatic heterocycles. The Morgan fingerprint density at radius 1 is 0.759 bits per heavy atom. The molecule has 2 unspecified atom stereocenters.